The molecule has 0 amide bonds. The highest BCUT2D eigenvalue weighted by molar-refractivity contribution is 7.98. The molecule has 0 saturated heterocycles. The first-order valence-corrected chi connectivity index (χ1v) is 6.16. The van der Waals surface area contributed by atoms with Crippen LogP contribution in [0.3, 0.4) is 0 Å². The van der Waals surface area contributed by atoms with Gasteiger partial charge in [0, 0.05) is 12.5 Å². The molecule has 0 aliphatic carbocycles. The smallest absolute Gasteiger partial charge is 0.143 e. The summed E-state index contributed by atoms with van der Waals surface area (Å²) in [4.78, 5) is 2.21. The molecule has 4 nitrogen and oxygen atoms in total. The zero-order valence-corrected chi connectivity index (χ0v) is 10.0. The third kappa shape index (κ3) is 6.10. The topological polar surface area (TPSA) is 61.8 Å². The van der Waals surface area contributed by atoms with E-state index in [1.165, 1.54) is 12.2 Å². The number of hydrogen-bond donors (Lipinski definition) is 2. The van der Waals surface area contributed by atoms with Gasteiger partial charge in [0.15, 0.2) is 0 Å². The Morgan fingerprint density at radius 3 is 2.79 bits per heavy atom. The first kappa shape index (κ1) is 13.6. The van der Waals surface area contributed by atoms with Crippen LogP contribution in [0, 0.1) is 5.92 Å². The molecule has 0 saturated carbocycles. The van der Waals surface area contributed by atoms with Crippen LogP contribution >= 0.6 is 11.8 Å². The third-order valence-corrected chi connectivity index (χ3v) is 2.79. The van der Waals surface area contributed by atoms with Crippen LogP contribution in [0.15, 0.2) is 5.16 Å². The van der Waals surface area contributed by atoms with Crippen molar-refractivity contribution in [3.8, 4) is 0 Å². The van der Waals surface area contributed by atoms with Crippen LogP contribution in [0.1, 0.15) is 13.3 Å². The monoisotopic (exact) mass is 219 g/mol. The van der Waals surface area contributed by atoms with Crippen LogP contribution in [0.2, 0.25) is 0 Å². The minimum Gasteiger partial charge on any atom is -0.409 e. The molecule has 1 atom stereocenters. The molecule has 84 valence electrons. The van der Waals surface area contributed by atoms with E-state index in [0.717, 1.165) is 13.1 Å². The van der Waals surface area contributed by atoms with Crippen molar-refractivity contribution in [1.29, 1.82) is 0 Å². The van der Waals surface area contributed by atoms with E-state index in [2.05, 4.69) is 23.4 Å². The minimum atomic E-state index is 0.110. The molecule has 0 bridgehead atoms. The lowest BCUT2D eigenvalue weighted by molar-refractivity contribution is 0.295. The summed E-state index contributed by atoms with van der Waals surface area (Å²) in [5.74, 6) is 1.60. The summed E-state index contributed by atoms with van der Waals surface area (Å²) < 4.78 is 0. The normalized spacial score (nSPS) is 14.7. The number of amidine groups is 1. The summed E-state index contributed by atoms with van der Waals surface area (Å²) in [6, 6.07) is 0. The van der Waals surface area contributed by atoms with E-state index >= 15 is 0 Å². The second-order valence-electron chi connectivity index (χ2n) is 3.53. The van der Waals surface area contributed by atoms with Gasteiger partial charge in [-0.15, -0.1) is 0 Å². The van der Waals surface area contributed by atoms with Crippen molar-refractivity contribution in [3.05, 3.63) is 0 Å². The average Bonchev–Trinajstić information content (AvgIpc) is 2.16. The molecule has 0 spiro atoms. The molecular weight excluding hydrogens is 198 g/mol. The van der Waals surface area contributed by atoms with Crippen LogP contribution in [-0.2, 0) is 0 Å². The second-order valence-corrected chi connectivity index (χ2v) is 4.52. The van der Waals surface area contributed by atoms with Gasteiger partial charge in [0.25, 0.3) is 0 Å². The van der Waals surface area contributed by atoms with Gasteiger partial charge in [0.2, 0.25) is 0 Å². The Labute approximate surface area is 90.5 Å². The number of rotatable bonds is 7. The zero-order valence-electron chi connectivity index (χ0n) is 9.23. The Kier molecular flexibility index (Phi) is 7.70. The van der Waals surface area contributed by atoms with Gasteiger partial charge in [-0.3, -0.25) is 0 Å². The summed E-state index contributed by atoms with van der Waals surface area (Å²) in [6.07, 6.45) is 3.29. The number of nitrogens with zero attached hydrogens (tertiary/aromatic N) is 2. The highest BCUT2D eigenvalue weighted by atomic mass is 32.2. The maximum atomic E-state index is 8.47. The van der Waals surface area contributed by atoms with E-state index in [1.54, 1.807) is 0 Å². The highest BCUT2D eigenvalue weighted by Gasteiger charge is 2.10. The van der Waals surface area contributed by atoms with E-state index in [0.29, 0.717) is 5.84 Å². The average molecular weight is 219 g/mol. The Morgan fingerprint density at radius 2 is 2.29 bits per heavy atom. The van der Waals surface area contributed by atoms with Crippen molar-refractivity contribution in [2.75, 3.05) is 32.1 Å². The maximum Gasteiger partial charge on any atom is 0.143 e. The van der Waals surface area contributed by atoms with Crippen molar-refractivity contribution in [1.82, 2.24) is 4.90 Å². The molecule has 0 aromatic carbocycles. The summed E-state index contributed by atoms with van der Waals surface area (Å²) in [6.45, 7) is 3.86. The summed E-state index contributed by atoms with van der Waals surface area (Å²) in [5.41, 5.74) is 5.49. The lowest BCUT2D eigenvalue weighted by atomic mass is 10.1. The molecular formula is C9H21N3OS. The van der Waals surface area contributed by atoms with Gasteiger partial charge in [0.1, 0.15) is 5.84 Å². The van der Waals surface area contributed by atoms with Gasteiger partial charge in [-0.2, -0.15) is 11.8 Å². The van der Waals surface area contributed by atoms with Crippen molar-refractivity contribution in [2.24, 2.45) is 16.8 Å². The number of thioether (sulfide) groups is 1. The fourth-order valence-electron chi connectivity index (χ4n) is 1.23. The predicted octanol–water partition coefficient (Wildman–Crippen LogP) is 1.05. The fourth-order valence-corrected chi connectivity index (χ4v) is 1.65. The van der Waals surface area contributed by atoms with Gasteiger partial charge in [-0.25, -0.2) is 0 Å². The summed E-state index contributed by atoms with van der Waals surface area (Å²) in [7, 11) is 2.06. The lowest BCUT2D eigenvalue weighted by Crippen LogP contribution is -2.33. The van der Waals surface area contributed by atoms with Crippen molar-refractivity contribution < 1.29 is 5.21 Å². The van der Waals surface area contributed by atoms with Crippen LogP contribution in [-0.4, -0.2) is 48.1 Å². The molecule has 0 aliphatic heterocycles. The molecule has 0 heterocycles. The number of oxime groups is 1. The standard InChI is InChI=1S/C9H21N3OS/c1-8(9(10)11-13)7-12(2)5-4-6-14-3/h8,13H,4-7H2,1-3H3,(H2,10,11). The maximum absolute atomic E-state index is 8.47. The molecule has 0 aromatic heterocycles. The van der Waals surface area contributed by atoms with Crippen LogP contribution < -0.4 is 5.73 Å². The van der Waals surface area contributed by atoms with Crippen molar-refractivity contribution in [3.63, 3.8) is 0 Å². The predicted molar refractivity (Wildman–Crippen MR) is 63.1 cm³/mol. The first-order chi connectivity index (χ1) is 6.61. The van der Waals surface area contributed by atoms with Crippen LogP contribution in [0.5, 0.6) is 0 Å². The minimum absolute atomic E-state index is 0.110. The second kappa shape index (κ2) is 7.94. The van der Waals surface area contributed by atoms with Gasteiger partial charge >= 0.3 is 0 Å². The largest absolute Gasteiger partial charge is 0.409 e. The Hall–Kier alpha value is -0.420. The molecule has 3 N–H and O–H groups in total. The quantitative estimate of drug-likeness (QED) is 0.221. The van der Waals surface area contributed by atoms with Crippen LogP contribution in [0.4, 0.5) is 0 Å². The molecule has 5 heteroatoms. The van der Waals surface area contributed by atoms with Crippen molar-refractivity contribution in [2.45, 2.75) is 13.3 Å². The summed E-state index contributed by atoms with van der Waals surface area (Å²) in [5, 5.41) is 11.5. The molecule has 1 unspecified atom stereocenters. The van der Waals surface area contributed by atoms with E-state index in [1.807, 2.05) is 18.7 Å². The summed E-state index contributed by atoms with van der Waals surface area (Å²) >= 11 is 1.86. The molecule has 0 fully saturated rings. The SMILES string of the molecule is CSCCCN(C)CC(C)C(N)=NO. The molecule has 14 heavy (non-hydrogen) atoms. The third-order valence-electron chi connectivity index (χ3n) is 2.09. The van der Waals surface area contributed by atoms with Crippen molar-refractivity contribution >= 4 is 17.6 Å². The van der Waals surface area contributed by atoms with E-state index in [4.69, 9.17) is 10.9 Å². The first-order valence-electron chi connectivity index (χ1n) is 4.76. The van der Waals surface area contributed by atoms with E-state index in [9.17, 15) is 0 Å². The zero-order chi connectivity index (χ0) is 11.0. The van der Waals surface area contributed by atoms with E-state index < -0.39 is 0 Å². The van der Waals surface area contributed by atoms with Gasteiger partial charge in [-0.05, 0) is 32.0 Å². The number of nitrogens with two attached hydrogens (primary N) is 1. The van der Waals surface area contributed by atoms with Gasteiger partial charge < -0.3 is 15.8 Å². The Bertz CT molecular complexity index is 175. The Balaban J connectivity index is 3.65. The highest BCUT2D eigenvalue weighted by Crippen LogP contribution is 2.01. The van der Waals surface area contributed by atoms with Gasteiger partial charge in [0.05, 0.1) is 0 Å². The molecule has 0 rings (SSSR count). The molecule has 0 aromatic rings. The van der Waals surface area contributed by atoms with E-state index in [-0.39, 0.29) is 5.92 Å². The van der Waals surface area contributed by atoms with Gasteiger partial charge in [-0.1, -0.05) is 12.1 Å². The molecule has 0 aliphatic rings. The fraction of sp³-hybridized carbons (Fsp3) is 0.889. The lowest BCUT2D eigenvalue weighted by Gasteiger charge is -2.20. The Morgan fingerprint density at radius 1 is 1.64 bits per heavy atom. The number of hydrogen-bond acceptors (Lipinski definition) is 4. The van der Waals surface area contributed by atoms with Crippen LogP contribution in [0.25, 0.3) is 0 Å². The molecule has 0 radical (unpaired) electrons.